The van der Waals surface area contributed by atoms with Gasteiger partial charge in [-0.3, -0.25) is 9.69 Å². The maximum atomic E-state index is 12.8. The van der Waals surface area contributed by atoms with E-state index < -0.39 is 17.6 Å². The Kier molecular flexibility index (Phi) is 5.38. The molecular weight excluding hydrogens is 296 g/mol. The molecule has 1 heterocycles. The van der Waals surface area contributed by atoms with Crippen molar-refractivity contribution in [2.24, 2.45) is 0 Å². The standard InChI is InChI=1S/C17H24N2O4/c1-12-4-6-13(7-5-12)14(19(2)3)15(20)18-17(16(21)22)8-10-23-11-9-17/h4-7,14H,8-11H2,1-3H3,(H,18,20)(H,21,22). The van der Waals surface area contributed by atoms with Crippen LogP contribution in [0.5, 0.6) is 0 Å². The van der Waals surface area contributed by atoms with Crippen LogP contribution in [0.4, 0.5) is 0 Å². The highest BCUT2D eigenvalue weighted by Crippen LogP contribution is 2.25. The molecule has 23 heavy (non-hydrogen) atoms. The second kappa shape index (κ2) is 7.10. The van der Waals surface area contributed by atoms with Crippen molar-refractivity contribution in [1.82, 2.24) is 10.2 Å². The van der Waals surface area contributed by atoms with Crippen molar-refractivity contribution in [1.29, 1.82) is 0 Å². The summed E-state index contributed by atoms with van der Waals surface area (Å²) < 4.78 is 5.24. The number of hydrogen-bond acceptors (Lipinski definition) is 4. The average molecular weight is 320 g/mol. The molecule has 0 aliphatic carbocycles. The van der Waals surface area contributed by atoms with Gasteiger partial charge in [0.15, 0.2) is 0 Å². The first kappa shape index (κ1) is 17.4. The van der Waals surface area contributed by atoms with Crippen LogP contribution in [-0.4, -0.2) is 54.7 Å². The van der Waals surface area contributed by atoms with E-state index in [9.17, 15) is 14.7 Å². The van der Waals surface area contributed by atoms with Crippen molar-refractivity contribution in [2.75, 3.05) is 27.3 Å². The SMILES string of the molecule is Cc1ccc(C(C(=O)NC2(C(=O)O)CCOCC2)N(C)C)cc1. The number of rotatable bonds is 5. The normalized spacial score (nSPS) is 18.4. The van der Waals surface area contributed by atoms with Gasteiger partial charge in [-0.25, -0.2) is 4.79 Å². The fourth-order valence-electron chi connectivity index (χ4n) is 2.85. The molecule has 0 bridgehead atoms. The molecule has 6 heteroatoms. The maximum Gasteiger partial charge on any atom is 0.329 e. The van der Waals surface area contributed by atoms with E-state index in [0.717, 1.165) is 11.1 Å². The Morgan fingerprint density at radius 3 is 2.26 bits per heavy atom. The molecule has 2 N–H and O–H groups in total. The van der Waals surface area contributed by atoms with E-state index in [1.807, 2.05) is 45.3 Å². The topological polar surface area (TPSA) is 78.9 Å². The minimum Gasteiger partial charge on any atom is -0.480 e. The molecular formula is C17H24N2O4. The van der Waals surface area contributed by atoms with Gasteiger partial charge in [-0.05, 0) is 26.6 Å². The van der Waals surface area contributed by atoms with E-state index in [-0.39, 0.29) is 18.7 Å². The number of likely N-dealkylation sites (N-methyl/N-ethyl adjacent to an activating group) is 1. The Morgan fingerprint density at radius 1 is 1.22 bits per heavy atom. The molecule has 0 saturated carbocycles. The van der Waals surface area contributed by atoms with Crippen LogP contribution in [0, 0.1) is 6.92 Å². The first-order valence-corrected chi connectivity index (χ1v) is 7.72. The summed E-state index contributed by atoms with van der Waals surface area (Å²) in [5.74, 6) is -1.31. The monoisotopic (exact) mass is 320 g/mol. The van der Waals surface area contributed by atoms with E-state index in [1.165, 1.54) is 0 Å². The summed E-state index contributed by atoms with van der Waals surface area (Å²) in [6.45, 7) is 2.66. The number of aliphatic carboxylic acids is 1. The van der Waals surface area contributed by atoms with E-state index in [4.69, 9.17) is 4.74 Å². The summed E-state index contributed by atoms with van der Waals surface area (Å²) in [5, 5.41) is 12.3. The van der Waals surface area contributed by atoms with E-state index in [0.29, 0.717) is 13.2 Å². The van der Waals surface area contributed by atoms with Gasteiger partial charge in [-0.1, -0.05) is 29.8 Å². The zero-order valence-corrected chi connectivity index (χ0v) is 13.8. The Morgan fingerprint density at radius 2 is 1.78 bits per heavy atom. The predicted octanol–water partition coefficient (Wildman–Crippen LogP) is 1.35. The smallest absolute Gasteiger partial charge is 0.329 e. The highest BCUT2D eigenvalue weighted by Gasteiger charge is 2.43. The zero-order chi connectivity index (χ0) is 17.0. The van der Waals surface area contributed by atoms with Gasteiger partial charge >= 0.3 is 5.97 Å². The highest BCUT2D eigenvalue weighted by molar-refractivity contribution is 5.90. The molecule has 1 saturated heterocycles. The second-order valence-corrected chi connectivity index (χ2v) is 6.27. The van der Waals surface area contributed by atoms with Crippen molar-refractivity contribution in [3.05, 3.63) is 35.4 Å². The number of aryl methyl sites for hydroxylation is 1. The van der Waals surface area contributed by atoms with E-state index in [1.54, 1.807) is 4.90 Å². The third-order valence-corrected chi connectivity index (χ3v) is 4.28. The fraction of sp³-hybridized carbons (Fsp3) is 0.529. The lowest BCUT2D eigenvalue weighted by molar-refractivity contribution is -0.153. The minimum atomic E-state index is -1.24. The van der Waals surface area contributed by atoms with Gasteiger partial charge in [-0.2, -0.15) is 0 Å². The molecule has 0 radical (unpaired) electrons. The van der Waals surface area contributed by atoms with Crippen LogP contribution < -0.4 is 5.32 Å². The van der Waals surface area contributed by atoms with Crippen LogP contribution in [0.2, 0.25) is 0 Å². The summed E-state index contributed by atoms with van der Waals surface area (Å²) in [5.41, 5.74) is 0.706. The van der Waals surface area contributed by atoms with Crippen molar-refractivity contribution < 1.29 is 19.4 Å². The third kappa shape index (κ3) is 3.89. The van der Waals surface area contributed by atoms with Gasteiger partial charge in [0.25, 0.3) is 0 Å². The Bertz CT molecular complexity index is 562. The first-order valence-electron chi connectivity index (χ1n) is 7.72. The number of benzene rings is 1. The number of carboxylic acids is 1. The van der Waals surface area contributed by atoms with Crippen molar-refractivity contribution in [2.45, 2.75) is 31.3 Å². The van der Waals surface area contributed by atoms with Gasteiger partial charge in [0.05, 0.1) is 0 Å². The average Bonchev–Trinajstić information content (AvgIpc) is 2.50. The number of carbonyl (C=O) groups excluding carboxylic acids is 1. The molecule has 0 aromatic heterocycles. The highest BCUT2D eigenvalue weighted by atomic mass is 16.5. The summed E-state index contributed by atoms with van der Waals surface area (Å²) in [6.07, 6.45) is 0.560. The molecule has 126 valence electrons. The number of ether oxygens (including phenoxy) is 1. The minimum absolute atomic E-state index is 0.280. The van der Waals surface area contributed by atoms with Gasteiger partial charge < -0.3 is 15.2 Å². The Labute approximate surface area is 136 Å². The van der Waals surface area contributed by atoms with Crippen molar-refractivity contribution >= 4 is 11.9 Å². The summed E-state index contributed by atoms with van der Waals surface area (Å²) in [4.78, 5) is 26.3. The van der Waals surface area contributed by atoms with Crippen LogP contribution >= 0.6 is 0 Å². The van der Waals surface area contributed by atoms with Crippen LogP contribution in [0.25, 0.3) is 0 Å². The molecule has 1 atom stereocenters. The summed E-state index contributed by atoms with van der Waals surface area (Å²) in [7, 11) is 3.61. The molecule has 6 nitrogen and oxygen atoms in total. The number of nitrogens with zero attached hydrogens (tertiary/aromatic N) is 1. The number of carboxylic acid groups (broad SMARTS) is 1. The molecule has 2 rings (SSSR count). The second-order valence-electron chi connectivity index (χ2n) is 6.27. The number of hydrogen-bond donors (Lipinski definition) is 2. The van der Waals surface area contributed by atoms with Gasteiger partial charge in [-0.15, -0.1) is 0 Å². The first-order chi connectivity index (χ1) is 10.9. The fourth-order valence-corrected chi connectivity index (χ4v) is 2.85. The Balaban J connectivity index is 2.23. The zero-order valence-electron chi connectivity index (χ0n) is 13.8. The van der Waals surface area contributed by atoms with Crippen molar-refractivity contribution in [3.63, 3.8) is 0 Å². The number of carbonyl (C=O) groups is 2. The largest absolute Gasteiger partial charge is 0.480 e. The van der Waals surface area contributed by atoms with Crippen LogP contribution in [0.1, 0.15) is 30.0 Å². The van der Waals surface area contributed by atoms with Crippen molar-refractivity contribution in [3.8, 4) is 0 Å². The van der Waals surface area contributed by atoms with Gasteiger partial charge in [0.1, 0.15) is 11.6 Å². The summed E-state index contributed by atoms with van der Waals surface area (Å²) in [6, 6.07) is 7.16. The molecule has 1 aromatic carbocycles. The lowest BCUT2D eigenvalue weighted by atomic mass is 9.89. The van der Waals surface area contributed by atoms with E-state index in [2.05, 4.69) is 5.32 Å². The summed E-state index contributed by atoms with van der Waals surface area (Å²) >= 11 is 0. The molecule has 1 aromatic rings. The lowest BCUT2D eigenvalue weighted by Gasteiger charge is -2.36. The van der Waals surface area contributed by atoms with E-state index >= 15 is 0 Å². The number of amides is 1. The van der Waals surface area contributed by atoms with Crippen LogP contribution in [0.15, 0.2) is 24.3 Å². The van der Waals surface area contributed by atoms with Gasteiger partial charge in [0, 0.05) is 26.1 Å². The molecule has 1 aliphatic rings. The third-order valence-electron chi connectivity index (χ3n) is 4.28. The molecule has 1 unspecified atom stereocenters. The quantitative estimate of drug-likeness (QED) is 0.856. The molecule has 1 amide bonds. The van der Waals surface area contributed by atoms with Gasteiger partial charge in [0.2, 0.25) is 5.91 Å². The lowest BCUT2D eigenvalue weighted by Crippen LogP contribution is -2.59. The number of nitrogens with one attached hydrogen (secondary N) is 1. The molecule has 0 spiro atoms. The van der Waals surface area contributed by atoms with Crippen LogP contribution in [0.3, 0.4) is 0 Å². The predicted molar refractivity (Wildman–Crippen MR) is 86.2 cm³/mol. The Hall–Kier alpha value is -1.92. The molecule has 1 fully saturated rings. The maximum absolute atomic E-state index is 12.8. The van der Waals surface area contributed by atoms with Crippen LogP contribution in [-0.2, 0) is 14.3 Å². The molecule has 1 aliphatic heterocycles.